The number of benzene rings is 3. The van der Waals surface area contributed by atoms with Crippen molar-refractivity contribution in [3.63, 3.8) is 0 Å². The molecule has 158 valence electrons. The highest BCUT2D eigenvalue weighted by molar-refractivity contribution is 6.34. The van der Waals surface area contributed by atoms with Gasteiger partial charge in [0, 0.05) is 22.4 Å². The first kappa shape index (κ1) is 18.4. The number of imide groups is 1. The van der Waals surface area contributed by atoms with Gasteiger partial charge in [0.25, 0.3) is 0 Å². The molecular weight excluding hydrogens is 424 g/mol. The van der Waals surface area contributed by atoms with Crippen LogP contribution in [0.1, 0.15) is 12.0 Å². The third kappa shape index (κ3) is 2.27. The standard InChI is InChI=1S/C26H19ClN2O3/c27-19-8-4-3-7-16(19)23-22-17-12-18(24(22)32-28-23)21-20(17)25(30)29(26(21)31)15-10-9-13-5-1-2-6-14(13)11-15/h1-11,17-18,20-22,24H,12H2/t17-,18-,20+,21-,22-,24-/m1/s1. The lowest BCUT2D eigenvalue weighted by molar-refractivity contribution is -0.125. The van der Waals surface area contributed by atoms with Gasteiger partial charge in [-0.05, 0) is 41.3 Å². The molecule has 2 amide bonds. The Morgan fingerprint density at radius 1 is 0.844 bits per heavy atom. The minimum Gasteiger partial charge on any atom is -0.391 e. The summed E-state index contributed by atoms with van der Waals surface area (Å²) in [6.45, 7) is 0. The SMILES string of the molecule is O=C1[C@@H]2[C@H]3C[C@@H]([C@@H]4C(c5ccccc5Cl)=NO[C@H]34)[C@@H]2C(=O)N1c1ccc2ccccc2c1. The number of oxime groups is 1. The molecule has 5 nitrogen and oxygen atoms in total. The van der Waals surface area contributed by atoms with Crippen molar-refractivity contribution in [1.82, 2.24) is 0 Å². The fourth-order valence-corrected chi connectivity index (χ4v) is 6.82. The van der Waals surface area contributed by atoms with E-state index in [1.807, 2.05) is 66.7 Å². The summed E-state index contributed by atoms with van der Waals surface area (Å²) in [5, 5.41) is 7.10. The van der Waals surface area contributed by atoms with Gasteiger partial charge in [0.05, 0.1) is 23.2 Å². The maximum Gasteiger partial charge on any atom is 0.238 e. The molecule has 2 saturated carbocycles. The van der Waals surface area contributed by atoms with E-state index >= 15 is 0 Å². The van der Waals surface area contributed by atoms with Gasteiger partial charge in [0.1, 0.15) is 6.10 Å². The summed E-state index contributed by atoms with van der Waals surface area (Å²) in [6.07, 6.45) is 0.651. The Balaban J connectivity index is 1.26. The van der Waals surface area contributed by atoms with E-state index in [4.69, 9.17) is 16.4 Å². The Labute approximate surface area is 189 Å². The molecule has 2 heterocycles. The van der Waals surface area contributed by atoms with Crippen LogP contribution >= 0.6 is 11.6 Å². The molecule has 0 unspecified atom stereocenters. The minimum absolute atomic E-state index is 0.000596. The molecule has 3 aromatic carbocycles. The normalized spacial score (nSPS) is 32.3. The highest BCUT2D eigenvalue weighted by Gasteiger charge is 2.70. The van der Waals surface area contributed by atoms with Crippen LogP contribution in [-0.2, 0) is 14.4 Å². The zero-order valence-electron chi connectivity index (χ0n) is 17.0. The van der Waals surface area contributed by atoms with Gasteiger partial charge in [-0.3, -0.25) is 14.5 Å². The maximum absolute atomic E-state index is 13.6. The summed E-state index contributed by atoms with van der Waals surface area (Å²) in [6, 6.07) is 21.3. The fourth-order valence-electron chi connectivity index (χ4n) is 6.59. The van der Waals surface area contributed by atoms with Crippen molar-refractivity contribution in [1.29, 1.82) is 0 Å². The van der Waals surface area contributed by atoms with E-state index in [1.54, 1.807) is 0 Å². The van der Waals surface area contributed by atoms with Gasteiger partial charge in [0.15, 0.2) is 0 Å². The van der Waals surface area contributed by atoms with Gasteiger partial charge in [-0.25, -0.2) is 0 Å². The number of hydrogen-bond donors (Lipinski definition) is 0. The average Bonchev–Trinajstić information content (AvgIpc) is 3.54. The van der Waals surface area contributed by atoms with Gasteiger partial charge in [-0.2, -0.15) is 0 Å². The highest BCUT2D eigenvalue weighted by Crippen LogP contribution is 2.62. The van der Waals surface area contributed by atoms with Crippen molar-refractivity contribution in [3.05, 3.63) is 77.3 Å². The van der Waals surface area contributed by atoms with Crippen LogP contribution in [0.4, 0.5) is 5.69 Å². The molecule has 7 rings (SSSR count). The van der Waals surface area contributed by atoms with Crippen LogP contribution in [0.5, 0.6) is 0 Å². The molecule has 2 aliphatic heterocycles. The molecule has 4 aliphatic rings. The van der Waals surface area contributed by atoms with Gasteiger partial charge < -0.3 is 4.84 Å². The maximum atomic E-state index is 13.6. The zero-order chi connectivity index (χ0) is 21.6. The summed E-state index contributed by atoms with van der Waals surface area (Å²) in [5.41, 5.74) is 2.32. The number of hydrogen-bond acceptors (Lipinski definition) is 4. The number of amides is 2. The van der Waals surface area contributed by atoms with Crippen molar-refractivity contribution in [2.24, 2.45) is 34.7 Å². The first-order valence-corrected chi connectivity index (χ1v) is 11.4. The topological polar surface area (TPSA) is 59.0 Å². The van der Waals surface area contributed by atoms with Crippen LogP contribution < -0.4 is 4.90 Å². The van der Waals surface area contributed by atoms with Crippen LogP contribution in [0.25, 0.3) is 10.8 Å². The Kier molecular flexibility index (Phi) is 3.69. The van der Waals surface area contributed by atoms with E-state index in [9.17, 15) is 9.59 Å². The number of fused-ring (bicyclic) bond motifs is 9. The molecule has 6 atom stereocenters. The number of halogens is 1. The lowest BCUT2D eigenvalue weighted by atomic mass is 9.71. The molecule has 0 spiro atoms. The first-order chi connectivity index (χ1) is 15.6. The van der Waals surface area contributed by atoms with Crippen molar-refractivity contribution in [2.75, 3.05) is 4.90 Å². The van der Waals surface area contributed by atoms with Crippen molar-refractivity contribution < 1.29 is 14.4 Å². The predicted molar refractivity (Wildman–Crippen MR) is 121 cm³/mol. The molecule has 0 radical (unpaired) electrons. The van der Waals surface area contributed by atoms with E-state index in [1.165, 1.54) is 4.90 Å². The van der Waals surface area contributed by atoms with Crippen LogP contribution in [0.15, 0.2) is 71.9 Å². The molecule has 3 aromatic rings. The number of carbonyl (C=O) groups excluding carboxylic acids is 2. The number of anilines is 1. The summed E-state index contributed by atoms with van der Waals surface area (Å²) in [5.74, 6) is -0.817. The predicted octanol–water partition coefficient (Wildman–Crippen LogP) is 4.67. The lowest BCUT2D eigenvalue weighted by Crippen LogP contribution is -2.41. The Bertz CT molecular complexity index is 1350. The van der Waals surface area contributed by atoms with Crippen LogP contribution in [-0.4, -0.2) is 23.6 Å². The summed E-state index contributed by atoms with van der Waals surface area (Å²) >= 11 is 6.45. The van der Waals surface area contributed by atoms with E-state index < -0.39 is 0 Å². The first-order valence-electron chi connectivity index (χ1n) is 11.0. The van der Waals surface area contributed by atoms with Crippen LogP contribution in [0.2, 0.25) is 5.02 Å². The number of nitrogens with zero attached hydrogens (tertiary/aromatic N) is 2. The minimum atomic E-state index is -0.332. The van der Waals surface area contributed by atoms with Crippen LogP contribution in [0.3, 0.4) is 0 Å². The molecular formula is C26H19ClN2O3. The van der Waals surface area contributed by atoms with Gasteiger partial charge >= 0.3 is 0 Å². The van der Waals surface area contributed by atoms with Crippen molar-refractivity contribution >= 4 is 45.6 Å². The average molecular weight is 443 g/mol. The lowest BCUT2D eigenvalue weighted by Gasteiger charge is -2.30. The molecule has 0 N–H and O–H groups in total. The van der Waals surface area contributed by atoms with E-state index in [0.29, 0.717) is 10.7 Å². The third-order valence-electron chi connectivity index (χ3n) is 7.83. The van der Waals surface area contributed by atoms with Crippen molar-refractivity contribution in [3.8, 4) is 0 Å². The smallest absolute Gasteiger partial charge is 0.238 e. The van der Waals surface area contributed by atoms with E-state index in [0.717, 1.165) is 28.5 Å². The Morgan fingerprint density at radius 3 is 2.38 bits per heavy atom. The highest BCUT2D eigenvalue weighted by atomic mass is 35.5. The molecule has 32 heavy (non-hydrogen) atoms. The Hall–Kier alpha value is -3.18. The summed E-state index contributed by atoms with van der Waals surface area (Å²) < 4.78 is 0. The zero-order valence-corrected chi connectivity index (χ0v) is 17.8. The van der Waals surface area contributed by atoms with E-state index in [-0.39, 0.29) is 47.5 Å². The van der Waals surface area contributed by atoms with Crippen molar-refractivity contribution in [2.45, 2.75) is 12.5 Å². The molecule has 0 aromatic heterocycles. The molecule has 2 aliphatic carbocycles. The second kappa shape index (κ2) is 6.42. The number of rotatable bonds is 2. The molecule has 1 saturated heterocycles. The summed E-state index contributed by atoms with van der Waals surface area (Å²) in [4.78, 5) is 34.4. The summed E-state index contributed by atoms with van der Waals surface area (Å²) in [7, 11) is 0. The molecule has 6 heteroatoms. The Morgan fingerprint density at radius 2 is 1.56 bits per heavy atom. The fraction of sp³-hybridized carbons (Fsp3) is 0.269. The number of carbonyl (C=O) groups is 2. The molecule has 3 fully saturated rings. The van der Waals surface area contributed by atoms with Crippen LogP contribution in [0, 0.1) is 29.6 Å². The van der Waals surface area contributed by atoms with E-state index in [2.05, 4.69) is 5.16 Å². The monoisotopic (exact) mass is 442 g/mol. The van der Waals surface area contributed by atoms with Gasteiger partial charge in [-0.15, -0.1) is 0 Å². The van der Waals surface area contributed by atoms with Gasteiger partial charge in [-0.1, -0.05) is 65.3 Å². The van der Waals surface area contributed by atoms with Gasteiger partial charge in [0.2, 0.25) is 11.8 Å². The second-order valence-electron chi connectivity index (χ2n) is 9.21. The largest absolute Gasteiger partial charge is 0.391 e. The molecule has 2 bridgehead atoms. The third-order valence-corrected chi connectivity index (χ3v) is 8.16. The quantitative estimate of drug-likeness (QED) is 0.542. The second-order valence-corrected chi connectivity index (χ2v) is 9.62.